The minimum Gasteiger partial charge on any atom is -0.495 e. The second-order valence-corrected chi connectivity index (χ2v) is 5.78. The van der Waals surface area contributed by atoms with Crippen LogP contribution in [-0.4, -0.2) is 30.7 Å². The smallest absolute Gasteiger partial charge is 0.335 e. The minimum atomic E-state index is -1.07. The zero-order chi connectivity index (χ0) is 18.4. The lowest BCUT2D eigenvalue weighted by Crippen LogP contribution is -2.20. The van der Waals surface area contributed by atoms with E-state index in [0.717, 1.165) is 5.56 Å². The highest BCUT2D eigenvalue weighted by Gasteiger charge is 2.12. The Hall–Kier alpha value is -3.02. The summed E-state index contributed by atoms with van der Waals surface area (Å²) in [5, 5.41) is 11.6. The number of benzene rings is 2. The number of methoxy groups -OCH3 is 1. The maximum Gasteiger partial charge on any atom is 0.335 e. The number of amides is 1. The number of rotatable bonds is 7. The number of anilines is 1. The molecule has 0 unspecified atom stereocenters. The number of carbonyl (C=O) groups is 2. The van der Waals surface area contributed by atoms with Crippen LogP contribution in [0.3, 0.4) is 0 Å². The van der Waals surface area contributed by atoms with Gasteiger partial charge in [0.1, 0.15) is 11.5 Å². The summed E-state index contributed by atoms with van der Waals surface area (Å²) in [5.41, 5.74) is 1.59. The van der Waals surface area contributed by atoms with E-state index in [4.69, 9.17) is 14.6 Å². The molecule has 25 heavy (non-hydrogen) atoms. The van der Waals surface area contributed by atoms with Crippen LogP contribution < -0.4 is 14.8 Å². The van der Waals surface area contributed by atoms with Gasteiger partial charge in [-0.25, -0.2) is 4.79 Å². The average Bonchev–Trinajstić information content (AvgIpc) is 2.60. The van der Waals surface area contributed by atoms with Crippen molar-refractivity contribution in [2.75, 3.05) is 19.0 Å². The van der Waals surface area contributed by atoms with Gasteiger partial charge in [-0.05, 0) is 41.8 Å². The van der Waals surface area contributed by atoms with Gasteiger partial charge in [-0.3, -0.25) is 4.79 Å². The molecule has 1 amide bonds. The first kappa shape index (κ1) is 18.3. The average molecular weight is 343 g/mol. The number of carboxylic acid groups (broad SMARTS) is 1. The van der Waals surface area contributed by atoms with E-state index in [1.807, 2.05) is 18.2 Å². The Morgan fingerprint density at radius 1 is 1.16 bits per heavy atom. The predicted molar refractivity (Wildman–Crippen MR) is 94.6 cm³/mol. The summed E-state index contributed by atoms with van der Waals surface area (Å²) < 4.78 is 10.6. The molecule has 2 rings (SSSR count). The second-order valence-electron chi connectivity index (χ2n) is 5.78. The van der Waals surface area contributed by atoms with Crippen LogP contribution in [0.15, 0.2) is 42.5 Å². The number of nitrogens with one attached hydrogen (secondary N) is 1. The van der Waals surface area contributed by atoms with Crippen LogP contribution in [0, 0.1) is 0 Å². The Morgan fingerprint density at radius 3 is 2.56 bits per heavy atom. The maximum atomic E-state index is 12.1. The zero-order valence-corrected chi connectivity index (χ0v) is 14.4. The van der Waals surface area contributed by atoms with Gasteiger partial charge >= 0.3 is 5.97 Å². The molecule has 0 fully saturated rings. The number of carbonyl (C=O) groups excluding carboxylic acids is 1. The summed E-state index contributed by atoms with van der Waals surface area (Å²) in [5.74, 6) is -0.167. The van der Waals surface area contributed by atoms with Gasteiger partial charge in [0.2, 0.25) is 0 Å². The molecule has 0 aliphatic heterocycles. The van der Waals surface area contributed by atoms with Crippen LogP contribution in [0.1, 0.15) is 35.7 Å². The highest BCUT2D eigenvalue weighted by Crippen LogP contribution is 2.26. The molecular weight excluding hydrogens is 322 g/mol. The molecule has 132 valence electrons. The molecule has 2 aromatic rings. The van der Waals surface area contributed by atoms with Crippen molar-refractivity contribution in [1.82, 2.24) is 0 Å². The molecule has 0 aromatic heterocycles. The Bertz CT molecular complexity index is 770. The molecule has 0 aliphatic rings. The first-order valence-corrected chi connectivity index (χ1v) is 7.84. The van der Waals surface area contributed by atoms with Crippen molar-refractivity contribution in [2.45, 2.75) is 19.8 Å². The highest BCUT2D eigenvalue weighted by atomic mass is 16.5. The van der Waals surface area contributed by atoms with Crippen molar-refractivity contribution in [2.24, 2.45) is 0 Å². The summed E-state index contributed by atoms with van der Waals surface area (Å²) >= 11 is 0. The summed E-state index contributed by atoms with van der Waals surface area (Å²) in [4.78, 5) is 23.1. The van der Waals surface area contributed by atoms with Gasteiger partial charge in [0.15, 0.2) is 6.61 Å². The van der Waals surface area contributed by atoms with Gasteiger partial charge in [0, 0.05) is 0 Å². The monoisotopic (exact) mass is 343 g/mol. The van der Waals surface area contributed by atoms with Crippen LogP contribution in [0.25, 0.3) is 0 Å². The lowest BCUT2D eigenvalue weighted by atomic mass is 10.0. The van der Waals surface area contributed by atoms with Gasteiger partial charge in [0.25, 0.3) is 5.91 Å². The summed E-state index contributed by atoms with van der Waals surface area (Å²) in [6.45, 7) is 4.00. The van der Waals surface area contributed by atoms with E-state index in [1.165, 1.54) is 25.3 Å². The molecule has 0 atom stereocenters. The molecule has 6 heteroatoms. The Labute approximate surface area is 146 Å². The van der Waals surface area contributed by atoms with E-state index in [0.29, 0.717) is 17.4 Å². The lowest BCUT2D eigenvalue weighted by molar-refractivity contribution is -0.118. The Morgan fingerprint density at radius 2 is 1.92 bits per heavy atom. The fourth-order valence-corrected chi connectivity index (χ4v) is 2.23. The number of hydrogen-bond acceptors (Lipinski definition) is 4. The van der Waals surface area contributed by atoms with Gasteiger partial charge in [0.05, 0.1) is 18.4 Å². The molecule has 0 bridgehead atoms. The van der Waals surface area contributed by atoms with Crippen molar-refractivity contribution in [1.29, 1.82) is 0 Å². The Kier molecular flexibility index (Phi) is 6.00. The van der Waals surface area contributed by atoms with Crippen LogP contribution in [0.4, 0.5) is 5.69 Å². The summed E-state index contributed by atoms with van der Waals surface area (Å²) in [7, 11) is 1.41. The van der Waals surface area contributed by atoms with Gasteiger partial charge in [-0.1, -0.05) is 26.0 Å². The summed E-state index contributed by atoms with van der Waals surface area (Å²) in [6.07, 6.45) is 0. The standard InChI is InChI=1S/C19H21NO5/c1-12(2)13-5-4-6-15(9-13)25-11-18(21)20-16-8-7-14(19(22)23)10-17(16)24-3/h4-10,12H,11H2,1-3H3,(H,20,21)(H,22,23). The van der Waals surface area contributed by atoms with E-state index < -0.39 is 5.97 Å². The highest BCUT2D eigenvalue weighted by molar-refractivity contribution is 5.95. The molecule has 2 aromatic carbocycles. The molecule has 0 spiro atoms. The maximum absolute atomic E-state index is 12.1. The van der Waals surface area contributed by atoms with Gasteiger partial charge in [-0.15, -0.1) is 0 Å². The number of aromatic carboxylic acids is 1. The van der Waals surface area contributed by atoms with Crippen LogP contribution in [0.5, 0.6) is 11.5 Å². The first-order chi connectivity index (χ1) is 11.9. The largest absolute Gasteiger partial charge is 0.495 e. The molecule has 0 saturated heterocycles. The van der Waals surface area contributed by atoms with Gasteiger partial charge < -0.3 is 19.9 Å². The molecule has 6 nitrogen and oxygen atoms in total. The third-order valence-corrected chi connectivity index (χ3v) is 3.62. The van der Waals surface area contributed by atoms with E-state index in [9.17, 15) is 9.59 Å². The lowest BCUT2D eigenvalue weighted by Gasteiger charge is -2.12. The van der Waals surface area contributed by atoms with Crippen LogP contribution in [-0.2, 0) is 4.79 Å². The summed E-state index contributed by atoms with van der Waals surface area (Å²) in [6, 6.07) is 11.8. The van der Waals surface area contributed by atoms with Crippen LogP contribution in [0.2, 0.25) is 0 Å². The number of carboxylic acids is 1. The Balaban J connectivity index is 2.01. The van der Waals surface area contributed by atoms with E-state index in [1.54, 1.807) is 6.07 Å². The molecule has 0 radical (unpaired) electrons. The normalized spacial score (nSPS) is 10.4. The fraction of sp³-hybridized carbons (Fsp3) is 0.263. The molecule has 2 N–H and O–H groups in total. The minimum absolute atomic E-state index is 0.0802. The van der Waals surface area contributed by atoms with Crippen molar-refractivity contribution >= 4 is 17.6 Å². The number of ether oxygens (including phenoxy) is 2. The first-order valence-electron chi connectivity index (χ1n) is 7.84. The fourth-order valence-electron chi connectivity index (χ4n) is 2.23. The molecule has 0 saturated carbocycles. The second kappa shape index (κ2) is 8.19. The quantitative estimate of drug-likeness (QED) is 0.803. The molecule has 0 aliphatic carbocycles. The SMILES string of the molecule is COc1cc(C(=O)O)ccc1NC(=O)COc1cccc(C(C)C)c1. The van der Waals surface area contributed by atoms with E-state index in [2.05, 4.69) is 19.2 Å². The van der Waals surface area contributed by atoms with Crippen molar-refractivity contribution in [3.8, 4) is 11.5 Å². The molecular formula is C19H21NO5. The molecule has 0 heterocycles. The van der Waals surface area contributed by atoms with Crippen molar-refractivity contribution in [3.63, 3.8) is 0 Å². The predicted octanol–water partition coefficient (Wildman–Crippen LogP) is 3.53. The topological polar surface area (TPSA) is 84.9 Å². The third kappa shape index (κ3) is 4.97. The van der Waals surface area contributed by atoms with E-state index in [-0.39, 0.29) is 23.8 Å². The number of hydrogen-bond donors (Lipinski definition) is 2. The van der Waals surface area contributed by atoms with Crippen molar-refractivity contribution < 1.29 is 24.2 Å². The van der Waals surface area contributed by atoms with Gasteiger partial charge in [-0.2, -0.15) is 0 Å². The van der Waals surface area contributed by atoms with Crippen LogP contribution >= 0.6 is 0 Å². The third-order valence-electron chi connectivity index (χ3n) is 3.62. The van der Waals surface area contributed by atoms with E-state index >= 15 is 0 Å². The zero-order valence-electron chi connectivity index (χ0n) is 14.4. The van der Waals surface area contributed by atoms with Crippen molar-refractivity contribution in [3.05, 3.63) is 53.6 Å².